The van der Waals surface area contributed by atoms with Crippen LogP contribution >= 0.6 is 11.6 Å². The average molecular weight is 375 g/mol. The largest absolute Gasteiger partial charge is 0.495 e. The van der Waals surface area contributed by atoms with Crippen LogP contribution in [0.5, 0.6) is 5.75 Å². The SMILES string of the molecule is COc1ccc(S(=O)(=O)Nc2ccc(-c3ccccc3)nc2)cc1Cl. The summed E-state index contributed by atoms with van der Waals surface area (Å²) < 4.78 is 32.5. The zero-order valence-electron chi connectivity index (χ0n) is 13.3. The molecule has 0 amide bonds. The lowest BCUT2D eigenvalue weighted by Gasteiger charge is -2.10. The first-order valence-corrected chi connectivity index (χ1v) is 9.23. The third kappa shape index (κ3) is 3.92. The van der Waals surface area contributed by atoms with Gasteiger partial charge in [-0.3, -0.25) is 9.71 Å². The van der Waals surface area contributed by atoms with E-state index in [1.54, 1.807) is 12.1 Å². The van der Waals surface area contributed by atoms with Gasteiger partial charge in [0.2, 0.25) is 0 Å². The highest BCUT2D eigenvalue weighted by molar-refractivity contribution is 7.92. The maximum absolute atomic E-state index is 12.5. The molecule has 0 bridgehead atoms. The molecule has 0 radical (unpaired) electrons. The molecule has 1 heterocycles. The van der Waals surface area contributed by atoms with Gasteiger partial charge in [-0.1, -0.05) is 41.9 Å². The van der Waals surface area contributed by atoms with Gasteiger partial charge < -0.3 is 4.74 Å². The van der Waals surface area contributed by atoms with E-state index in [1.807, 2.05) is 30.3 Å². The number of pyridine rings is 1. The fourth-order valence-electron chi connectivity index (χ4n) is 2.26. The molecule has 3 aromatic rings. The normalized spacial score (nSPS) is 11.1. The highest BCUT2D eigenvalue weighted by Crippen LogP contribution is 2.28. The molecule has 3 rings (SSSR count). The van der Waals surface area contributed by atoms with Crippen molar-refractivity contribution in [2.24, 2.45) is 0 Å². The number of methoxy groups -OCH3 is 1. The van der Waals surface area contributed by atoms with Crippen LogP contribution in [0.1, 0.15) is 0 Å². The lowest BCUT2D eigenvalue weighted by Crippen LogP contribution is -2.13. The zero-order chi connectivity index (χ0) is 17.9. The van der Waals surface area contributed by atoms with Crippen molar-refractivity contribution in [3.8, 4) is 17.0 Å². The molecule has 0 spiro atoms. The Kier molecular flexibility index (Phi) is 4.92. The minimum absolute atomic E-state index is 0.0467. The second-order valence-corrected chi connectivity index (χ2v) is 7.29. The van der Waals surface area contributed by atoms with Crippen LogP contribution in [0.4, 0.5) is 5.69 Å². The van der Waals surface area contributed by atoms with E-state index in [2.05, 4.69) is 9.71 Å². The lowest BCUT2D eigenvalue weighted by atomic mass is 10.1. The van der Waals surface area contributed by atoms with Crippen molar-refractivity contribution in [1.82, 2.24) is 4.98 Å². The highest BCUT2D eigenvalue weighted by Gasteiger charge is 2.16. The van der Waals surface area contributed by atoms with Crippen LogP contribution in [-0.2, 0) is 10.0 Å². The molecule has 7 heteroatoms. The number of hydrogen-bond acceptors (Lipinski definition) is 4. The van der Waals surface area contributed by atoms with E-state index in [9.17, 15) is 8.42 Å². The predicted molar refractivity (Wildman–Crippen MR) is 98.5 cm³/mol. The first-order valence-electron chi connectivity index (χ1n) is 7.37. The van der Waals surface area contributed by atoms with Gasteiger partial charge in [-0.2, -0.15) is 0 Å². The molecule has 0 aliphatic heterocycles. The van der Waals surface area contributed by atoms with Crippen LogP contribution in [0, 0.1) is 0 Å². The van der Waals surface area contributed by atoms with E-state index in [0.717, 1.165) is 11.3 Å². The third-order valence-electron chi connectivity index (χ3n) is 3.52. The number of benzene rings is 2. The number of sulfonamides is 1. The molecule has 2 aromatic carbocycles. The second-order valence-electron chi connectivity index (χ2n) is 5.20. The fourth-order valence-corrected chi connectivity index (χ4v) is 3.65. The maximum atomic E-state index is 12.5. The topological polar surface area (TPSA) is 68.3 Å². The van der Waals surface area contributed by atoms with Gasteiger partial charge in [-0.15, -0.1) is 0 Å². The number of nitrogens with one attached hydrogen (secondary N) is 1. The van der Waals surface area contributed by atoms with Gasteiger partial charge in [0.05, 0.1) is 34.6 Å². The summed E-state index contributed by atoms with van der Waals surface area (Å²) in [5, 5.41) is 0.225. The number of hydrogen-bond donors (Lipinski definition) is 1. The Morgan fingerprint density at radius 3 is 2.40 bits per heavy atom. The zero-order valence-corrected chi connectivity index (χ0v) is 14.9. The van der Waals surface area contributed by atoms with Crippen molar-refractivity contribution in [2.45, 2.75) is 4.90 Å². The molecule has 128 valence electrons. The van der Waals surface area contributed by atoms with Crippen molar-refractivity contribution < 1.29 is 13.2 Å². The van der Waals surface area contributed by atoms with Crippen molar-refractivity contribution in [2.75, 3.05) is 11.8 Å². The molecule has 25 heavy (non-hydrogen) atoms. The molecule has 0 aliphatic rings. The maximum Gasteiger partial charge on any atom is 0.261 e. The summed E-state index contributed by atoms with van der Waals surface area (Å²) in [6.45, 7) is 0. The van der Waals surface area contributed by atoms with Crippen molar-refractivity contribution in [1.29, 1.82) is 0 Å². The molecular weight excluding hydrogens is 360 g/mol. The summed E-state index contributed by atoms with van der Waals surface area (Å²) in [6.07, 6.45) is 1.48. The standard InChI is InChI=1S/C18H15ClN2O3S/c1-24-18-10-8-15(11-16(18)19)25(22,23)21-14-7-9-17(20-12-14)13-5-3-2-4-6-13/h2-12,21H,1H3. The monoisotopic (exact) mass is 374 g/mol. The summed E-state index contributed by atoms with van der Waals surface area (Å²) >= 11 is 6.00. The smallest absolute Gasteiger partial charge is 0.261 e. The van der Waals surface area contributed by atoms with Crippen molar-refractivity contribution in [3.63, 3.8) is 0 Å². The number of anilines is 1. The first kappa shape index (κ1) is 17.3. The van der Waals surface area contributed by atoms with Gasteiger partial charge in [-0.05, 0) is 30.3 Å². The first-order chi connectivity index (χ1) is 12.0. The Morgan fingerprint density at radius 1 is 1.04 bits per heavy atom. The fraction of sp³-hybridized carbons (Fsp3) is 0.0556. The van der Waals surface area contributed by atoms with Gasteiger partial charge in [-0.25, -0.2) is 8.42 Å². The highest BCUT2D eigenvalue weighted by atomic mass is 35.5. The van der Waals surface area contributed by atoms with E-state index in [-0.39, 0.29) is 9.92 Å². The lowest BCUT2D eigenvalue weighted by molar-refractivity contribution is 0.414. The Hall–Kier alpha value is -2.57. The van der Waals surface area contributed by atoms with Gasteiger partial charge in [0.15, 0.2) is 0 Å². The molecule has 5 nitrogen and oxygen atoms in total. The van der Waals surface area contributed by atoms with Crippen LogP contribution in [0.15, 0.2) is 71.8 Å². The van der Waals surface area contributed by atoms with E-state index in [1.165, 1.54) is 31.5 Å². The van der Waals surface area contributed by atoms with Crippen molar-refractivity contribution >= 4 is 27.3 Å². The quantitative estimate of drug-likeness (QED) is 0.726. The number of aromatic nitrogens is 1. The van der Waals surface area contributed by atoms with Crippen LogP contribution < -0.4 is 9.46 Å². The van der Waals surface area contributed by atoms with Crippen LogP contribution in [0.25, 0.3) is 11.3 Å². The average Bonchev–Trinajstić information content (AvgIpc) is 2.62. The molecular formula is C18H15ClN2O3S. The number of ether oxygens (including phenoxy) is 1. The minimum atomic E-state index is -3.77. The molecule has 0 unspecified atom stereocenters. The Bertz CT molecular complexity index is 975. The van der Waals surface area contributed by atoms with Gasteiger partial charge in [0.1, 0.15) is 5.75 Å². The Labute approximate surface area is 151 Å². The molecule has 0 saturated carbocycles. The van der Waals surface area contributed by atoms with Crippen LogP contribution in [0.3, 0.4) is 0 Å². The predicted octanol–water partition coefficient (Wildman–Crippen LogP) is 4.21. The molecule has 0 aliphatic carbocycles. The number of halogens is 1. The molecule has 0 atom stereocenters. The van der Waals surface area contributed by atoms with Gasteiger partial charge >= 0.3 is 0 Å². The van der Waals surface area contributed by atoms with Crippen LogP contribution in [0.2, 0.25) is 5.02 Å². The van der Waals surface area contributed by atoms with Crippen molar-refractivity contribution in [3.05, 3.63) is 71.9 Å². The minimum Gasteiger partial charge on any atom is -0.495 e. The number of nitrogens with zero attached hydrogens (tertiary/aromatic N) is 1. The second kappa shape index (κ2) is 7.13. The van der Waals surface area contributed by atoms with Gasteiger partial charge in [0.25, 0.3) is 10.0 Å². The number of rotatable bonds is 5. The Balaban J connectivity index is 1.82. The van der Waals surface area contributed by atoms with E-state index in [0.29, 0.717) is 11.4 Å². The van der Waals surface area contributed by atoms with E-state index >= 15 is 0 Å². The van der Waals surface area contributed by atoms with Crippen LogP contribution in [-0.4, -0.2) is 20.5 Å². The molecule has 0 saturated heterocycles. The van der Waals surface area contributed by atoms with E-state index in [4.69, 9.17) is 16.3 Å². The molecule has 1 aromatic heterocycles. The third-order valence-corrected chi connectivity index (χ3v) is 5.19. The summed E-state index contributed by atoms with van der Waals surface area (Å²) in [7, 11) is -2.30. The molecule has 0 fully saturated rings. The summed E-state index contributed by atoms with van der Waals surface area (Å²) in [5.41, 5.74) is 2.08. The molecule has 1 N–H and O–H groups in total. The summed E-state index contributed by atoms with van der Waals surface area (Å²) in [6, 6.07) is 17.3. The van der Waals surface area contributed by atoms with Gasteiger partial charge in [0, 0.05) is 5.56 Å². The summed E-state index contributed by atoms with van der Waals surface area (Å²) in [4.78, 5) is 4.35. The summed E-state index contributed by atoms with van der Waals surface area (Å²) in [5.74, 6) is 0.412. The van der Waals surface area contributed by atoms with E-state index < -0.39 is 10.0 Å². The Morgan fingerprint density at radius 2 is 1.80 bits per heavy atom.